The number of rotatable bonds is 9. The Labute approximate surface area is 115 Å². The molecule has 0 amide bonds. The number of nitrogens with one attached hydrogen (secondary N) is 1. The lowest BCUT2D eigenvalue weighted by atomic mass is 10.1. The number of anilines is 1. The van der Waals surface area contributed by atoms with E-state index in [2.05, 4.69) is 12.2 Å². The summed E-state index contributed by atoms with van der Waals surface area (Å²) in [5, 5.41) is 12.1. The Morgan fingerprint density at radius 3 is 2.47 bits per heavy atom. The van der Waals surface area contributed by atoms with Crippen LogP contribution in [0.4, 0.5) is 5.69 Å². The standard InChI is InChI=1S/C16H23NO2/c1-2-3-4-5-7-12-15(13-16(18)19)17-14-10-8-6-9-11-14/h6,8-11,13,17H,2-5,7,12H2,1H3,(H,18,19)/b15-13-. The molecule has 0 aliphatic heterocycles. The molecule has 19 heavy (non-hydrogen) atoms. The number of hydrogen-bond acceptors (Lipinski definition) is 2. The zero-order valence-electron chi connectivity index (χ0n) is 11.6. The minimum absolute atomic E-state index is 0.773. The van der Waals surface area contributed by atoms with E-state index in [4.69, 9.17) is 5.11 Å². The van der Waals surface area contributed by atoms with Crippen molar-refractivity contribution in [2.24, 2.45) is 0 Å². The van der Waals surface area contributed by atoms with Gasteiger partial charge in [-0.3, -0.25) is 0 Å². The number of benzene rings is 1. The monoisotopic (exact) mass is 261 g/mol. The fourth-order valence-electron chi connectivity index (χ4n) is 1.95. The van der Waals surface area contributed by atoms with Crippen molar-refractivity contribution < 1.29 is 9.90 Å². The van der Waals surface area contributed by atoms with E-state index < -0.39 is 5.97 Å². The van der Waals surface area contributed by atoms with E-state index >= 15 is 0 Å². The van der Waals surface area contributed by atoms with Gasteiger partial charge in [-0.25, -0.2) is 4.79 Å². The van der Waals surface area contributed by atoms with Gasteiger partial charge >= 0.3 is 5.97 Å². The molecule has 0 aliphatic rings. The maximum Gasteiger partial charge on any atom is 0.330 e. The fraction of sp³-hybridized carbons (Fsp3) is 0.438. The SMILES string of the molecule is CCCCCCC/C(=C/C(=O)O)Nc1ccccc1. The van der Waals surface area contributed by atoms with Crippen molar-refractivity contribution in [2.75, 3.05) is 5.32 Å². The highest BCUT2D eigenvalue weighted by molar-refractivity contribution is 5.81. The van der Waals surface area contributed by atoms with E-state index in [1.807, 2.05) is 30.3 Å². The Balaban J connectivity index is 2.46. The summed E-state index contributed by atoms with van der Waals surface area (Å²) in [4.78, 5) is 10.8. The van der Waals surface area contributed by atoms with Crippen LogP contribution in [0.5, 0.6) is 0 Å². The quantitative estimate of drug-likeness (QED) is 0.511. The number of aliphatic carboxylic acids is 1. The maximum atomic E-state index is 10.8. The van der Waals surface area contributed by atoms with Crippen LogP contribution in [0.2, 0.25) is 0 Å². The molecule has 1 aromatic carbocycles. The lowest BCUT2D eigenvalue weighted by Crippen LogP contribution is -2.03. The first-order valence-electron chi connectivity index (χ1n) is 6.98. The summed E-state index contributed by atoms with van der Waals surface area (Å²) in [6.07, 6.45) is 7.93. The Morgan fingerprint density at radius 1 is 1.16 bits per heavy atom. The summed E-state index contributed by atoms with van der Waals surface area (Å²) in [6.45, 7) is 2.19. The summed E-state index contributed by atoms with van der Waals surface area (Å²) < 4.78 is 0. The minimum atomic E-state index is -0.896. The summed E-state index contributed by atoms with van der Waals surface area (Å²) in [7, 11) is 0. The van der Waals surface area contributed by atoms with Gasteiger partial charge in [0.05, 0.1) is 0 Å². The third-order valence-electron chi connectivity index (χ3n) is 2.93. The van der Waals surface area contributed by atoms with Gasteiger partial charge in [0.25, 0.3) is 0 Å². The first kappa shape index (κ1) is 15.3. The lowest BCUT2D eigenvalue weighted by molar-refractivity contribution is -0.131. The highest BCUT2D eigenvalue weighted by Crippen LogP contribution is 2.15. The number of allylic oxidation sites excluding steroid dienone is 1. The first-order valence-corrected chi connectivity index (χ1v) is 6.98. The van der Waals surface area contributed by atoms with Gasteiger partial charge in [-0.05, 0) is 25.0 Å². The Hall–Kier alpha value is -1.77. The molecule has 0 saturated heterocycles. The van der Waals surface area contributed by atoms with E-state index in [1.54, 1.807) is 0 Å². The summed E-state index contributed by atoms with van der Waals surface area (Å²) in [5.74, 6) is -0.896. The number of carboxylic acid groups (broad SMARTS) is 1. The van der Waals surface area contributed by atoms with Crippen LogP contribution in [-0.4, -0.2) is 11.1 Å². The second kappa shape index (κ2) is 9.20. The van der Waals surface area contributed by atoms with E-state index in [-0.39, 0.29) is 0 Å². The van der Waals surface area contributed by atoms with Gasteiger partial charge in [-0.2, -0.15) is 0 Å². The van der Waals surface area contributed by atoms with Crippen molar-refractivity contribution in [3.8, 4) is 0 Å². The molecule has 3 heteroatoms. The molecule has 0 radical (unpaired) electrons. The predicted octanol–water partition coefficient (Wildman–Crippen LogP) is 4.43. The van der Waals surface area contributed by atoms with Gasteiger partial charge in [0, 0.05) is 17.5 Å². The Kier molecular flexibility index (Phi) is 7.40. The predicted molar refractivity (Wildman–Crippen MR) is 79.2 cm³/mol. The van der Waals surface area contributed by atoms with Crippen molar-refractivity contribution in [1.29, 1.82) is 0 Å². The van der Waals surface area contributed by atoms with Crippen molar-refractivity contribution in [3.05, 3.63) is 42.1 Å². The molecule has 1 aromatic rings. The normalized spacial score (nSPS) is 11.3. The first-order chi connectivity index (χ1) is 9.22. The fourth-order valence-corrected chi connectivity index (χ4v) is 1.95. The van der Waals surface area contributed by atoms with Crippen LogP contribution >= 0.6 is 0 Å². The average Bonchev–Trinajstić information content (AvgIpc) is 2.39. The summed E-state index contributed by atoms with van der Waals surface area (Å²) in [5.41, 5.74) is 1.71. The Bertz CT molecular complexity index is 398. The van der Waals surface area contributed by atoms with Crippen LogP contribution in [-0.2, 0) is 4.79 Å². The summed E-state index contributed by atoms with van der Waals surface area (Å²) in [6, 6.07) is 9.68. The molecule has 2 N–H and O–H groups in total. The van der Waals surface area contributed by atoms with E-state index in [0.717, 1.165) is 30.6 Å². The second-order valence-electron chi connectivity index (χ2n) is 4.66. The van der Waals surface area contributed by atoms with Crippen molar-refractivity contribution in [2.45, 2.75) is 45.4 Å². The molecule has 0 spiro atoms. The smallest absolute Gasteiger partial charge is 0.330 e. The number of hydrogen-bond donors (Lipinski definition) is 2. The van der Waals surface area contributed by atoms with Crippen LogP contribution in [0.3, 0.4) is 0 Å². The number of unbranched alkanes of at least 4 members (excludes halogenated alkanes) is 4. The van der Waals surface area contributed by atoms with Crippen LogP contribution in [0.15, 0.2) is 42.1 Å². The molecule has 0 unspecified atom stereocenters. The van der Waals surface area contributed by atoms with Gasteiger partial charge in [0.15, 0.2) is 0 Å². The van der Waals surface area contributed by atoms with Crippen LogP contribution in [0, 0.1) is 0 Å². The third-order valence-corrected chi connectivity index (χ3v) is 2.93. The number of carbonyl (C=O) groups is 1. The largest absolute Gasteiger partial charge is 0.478 e. The molecule has 0 aromatic heterocycles. The minimum Gasteiger partial charge on any atom is -0.478 e. The van der Waals surface area contributed by atoms with Gasteiger partial charge in [-0.1, -0.05) is 50.8 Å². The lowest BCUT2D eigenvalue weighted by Gasteiger charge is -2.10. The van der Waals surface area contributed by atoms with Crippen molar-refractivity contribution >= 4 is 11.7 Å². The van der Waals surface area contributed by atoms with E-state index in [9.17, 15) is 4.79 Å². The van der Waals surface area contributed by atoms with Crippen molar-refractivity contribution in [3.63, 3.8) is 0 Å². The third kappa shape index (κ3) is 7.29. The Morgan fingerprint density at radius 2 is 1.84 bits per heavy atom. The molecule has 1 rings (SSSR count). The number of para-hydroxylation sites is 1. The van der Waals surface area contributed by atoms with Gasteiger partial charge in [0.2, 0.25) is 0 Å². The molecule has 3 nitrogen and oxygen atoms in total. The molecule has 0 aliphatic carbocycles. The van der Waals surface area contributed by atoms with Crippen LogP contribution in [0.25, 0.3) is 0 Å². The molecule has 0 fully saturated rings. The molecule has 0 atom stereocenters. The summed E-state index contributed by atoms with van der Waals surface area (Å²) >= 11 is 0. The molecular weight excluding hydrogens is 238 g/mol. The molecule has 104 valence electrons. The molecular formula is C16H23NO2. The molecule has 0 saturated carbocycles. The topological polar surface area (TPSA) is 49.3 Å². The maximum absolute atomic E-state index is 10.8. The number of carboxylic acids is 1. The van der Waals surface area contributed by atoms with Gasteiger partial charge < -0.3 is 10.4 Å². The van der Waals surface area contributed by atoms with Crippen LogP contribution < -0.4 is 5.32 Å². The average molecular weight is 261 g/mol. The zero-order valence-corrected chi connectivity index (χ0v) is 11.6. The van der Waals surface area contributed by atoms with Gasteiger partial charge in [-0.15, -0.1) is 0 Å². The van der Waals surface area contributed by atoms with E-state index in [0.29, 0.717) is 0 Å². The van der Waals surface area contributed by atoms with E-state index in [1.165, 1.54) is 25.3 Å². The molecule has 0 heterocycles. The highest BCUT2D eigenvalue weighted by atomic mass is 16.4. The van der Waals surface area contributed by atoms with Gasteiger partial charge in [0.1, 0.15) is 0 Å². The highest BCUT2D eigenvalue weighted by Gasteiger charge is 2.01. The van der Waals surface area contributed by atoms with Crippen molar-refractivity contribution in [1.82, 2.24) is 0 Å². The van der Waals surface area contributed by atoms with Crippen LogP contribution in [0.1, 0.15) is 45.4 Å². The molecule has 0 bridgehead atoms. The zero-order chi connectivity index (χ0) is 13.9. The second-order valence-corrected chi connectivity index (χ2v) is 4.66.